The molecule has 0 amide bonds. The Balaban J connectivity index is 1.99. The number of nitrogens with two attached hydrogens (primary N) is 1. The fraction of sp³-hybridized carbons (Fsp3) is 1.00. The lowest BCUT2D eigenvalue weighted by molar-refractivity contribution is -0.0429. The van der Waals surface area contributed by atoms with Gasteiger partial charge in [0.2, 0.25) is 0 Å². The average Bonchev–Trinajstić information content (AvgIpc) is 1.99. The molecule has 1 heterocycles. The predicted molar refractivity (Wildman–Crippen MR) is 50.8 cm³/mol. The predicted octanol–water partition coefficient (Wildman–Crippen LogP) is 0.969. The monoisotopic (exact) mass is 168 g/mol. The summed E-state index contributed by atoms with van der Waals surface area (Å²) in [5.41, 5.74) is 6.51. The van der Waals surface area contributed by atoms with Gasteiger partial charge < -0.3 is 11.1 Å². The maximum atomic E-state index is 6.05. The molecular formula is C10H20N2. The maximum absolute atomic E-state index is 6.05. The highest BCUT2D eigenvalue weighted by molar-refractivity contribution is 5.06. The minimum Gasteiger partial charge on any atom is -0.327 e. The number of hydrogen-bond donors (Lipinski definition) is 2. The zero-order valence-corrected chi connectivity index (χ0v) is 8.14. The number of nitrogens with one attached hydrogen (secondary N) is 1. The Hall–Kier alpha value is -0.0800. The van der Waals surface area contributed by atoms with Crippen LogP contribution in [0.2, 0.25) is 0 Å². The molecule has 1 aliphatic heterocycles. The molecule has 3 unspecified atom stereocenters. The molecule has 2 aliphatic rings. The van der Waals surface area contributed by atoms with E-state index in [0.29, 0.717) is 11.5 Å². The normalized spacial score (nSPS) is 48.2. The van der Waals surface area contributed by atoms with Crippen molar-refractivity contribution in [2.24, 2.45) is 23.0 Å². The molecule has 12 heavy (non-hydrogen) atoms. The molecule has 70 valence electrons. The smallest absolute Gasteiger partial charge is 0.00985 e. The minimum atomic E-state index is 0.451. The van der Waals surface area contributed by atoms with E-state index in [2.05, 4.69) is 19.2 Å². The van der Waals surface area contributed by atoms with E-state index in [4.69, 9.17) is 5.73 Å². The van der Waals surface area contributed by atoms with E-state index in [1.165, 1.54) is 25.9 Å². The van der Waals surface area contributed by atoms with E-state index in [1.807, 2.05) is 0 Å². The molecule has 0 aromatic rings. The summed E-state index contributed by atoms with van der Waals surface area (Å²) in [6.45, 7) is 7.10. The zero-order chi connectivity index (χ0) is 8.77. The molecule has 1 saturated heterocycles. The Labute approximate surface area is 74.9 Å². The second kappa shape index (κ2) is 2.71. The van der Waals surface area contributed by atoms with Gasteiger partial charge in [-0.1, -0.05) is 13.8 Å². The van der Waals surface area contributed by atoms with Crippen LogP contribution < -0.4 is 11.1 Å². The first kappa shape index (κ1) is 8.52. The first-order valence-electron chi connectivity index (χ1n) is 5.14. The molecule has 2 nitrogen and oxygen atoms in total. The molecule has 2 heteroatoms. The third-order valence-electron chi connectivity index (χ3n) is 4.35. The highest BCUT2D eigenvalue weighted by atomic mass is 15.0. The fourth-order valence-electron chi connectivity index (χ4n) is 2.78. The van der Waals surface area contributed by atoms with Gasteiger partial charge in [-0.05, 0) is 43.2 Å². The summed E-state index contributed by atoms with van der Waals surface area (Å²) in [6, 6.07) is 0.466. The van der Waals surface area contributed by atoms with Crippen LogP contribution in [0.15, 0.2) is 0 Å². The van der Waals surface area contributed by atoms with Crippen molar-refractivity contribution < 1.29 is 0 Å². The van der Waals surface area contributed by atoms with Crippen molar-refractivity contribution in [1.29, 1.82) is 0 Å². The Morgan fingerprint density at radius 1 is 1.50 bits per heavy atom. The minimum absolute atomic E-state index is 0.451. The second-order valence-electron chi connectivity index (χ2n) is 4.73. The van der Waals surface area contributed by atoms with Gasteiger partial charge in [0.05, 0.1) is 0 Å². The van der Waals surface area contributed by atoms with Gasteiger partial charge in [0.1, 0.15) is 0 Å². The summed E-state index contributed by atoms with van der Waals surface area (Å²) in [4.78, 5) is 0. The molecule has 3 N–H and O–H groups in total. The summed E-state index contributed by atoms with van der Waals surface area (Å²) >= 11 is 0. The first-order chi connectivity index (χ1) is 5.68. The van der Waals surface area contributed by atoms with Crippen molar-refractivity contribution in [2.45, 2.75) is 32.7 Å². The molecule has 1 saturated carbocycles. The van der Waals surface area contributed by atoms with E-state index < -0.39 is 0 Å². The second-order valence-corrected chi connectivity index (χ2v) is 4.73. The van der Waals surface area contributed by atoms with Crippen molar-refractivity contribution in [3.05, 3.63) is 0 Å². The molecule has 0 aromatic carbocycles. The standard InChI is InChI=1S/C10H20N2/c1-3-10(2)8(4-9(10)11)7-5-12-6-7/h7-9,12H,3-6,11H2,1-2H3. The highest BCUT2D eigenvalue weighted by Crippen LogP contribution is 2.52. The van der Waals surface area contributed by atoms with Crippen LogP contribution in [-0.4, -0.2) is 19.1 Å². The molecule has 2 rings (SSSR count). The Kier molecular flexibility index (Phi) is 1.92. The fourth-order valence-corrected chi connectivity index (χ4v) is 2.78. The molecule has 2 fully saturated rings. The Morgan fingerprint density at radius 3 is 2.50 bits per heavy atom. The maximum Gasteiger partial charge on any atom is 0.00985 e. The van der Waals surface area contributed by atoms with Gasteiger partial charge in [0.25, 0.3) is 0 Å². The lowest BCUT2D eigenvalue weighted by atomic mass is 9.52. The van der Waals surface area contributed by atoms with Crippen molar-refractivity contribution in [3.8, 4) is 0 Å². The van der Waals surface area contributed by atoms with Crippen LogP contribution in [0, 0.1) is 17.3 Å². The van der Waals surface area contributed by atoms with Crippen LogP contribution in [-0.2, 0) is 0 Å². The molecule has 3 atom stereocenters. The SMILES string of the molecule is CCC1(C)C(N)CC1C1CNC1. The summed E-state index contributed by atoms with van der Waals surface area (Å²) in [7, 11) is 0. The van der Waals surface area contributed by atoms with Crippen LogP contribution in [0.1, 0.15) is 26.7 Å². The third kappa shape index (κ3) is 0.944. The lowest BCUT2D eigenvalue weighted by Gasteiger charge is -2.57. The van der Waals surface area contributed by atoms with Gasteiger partial charge in [-0.3, -0.25) is 0 Å². The van der Waals surface area contributed by atoms with Crippen LogP contribution in [0.5, 0.6) is 0 Å². The van der Waals surface area contributed by atoms with E-state index in [0.717, 1.165) is 11.8 Å². The van der Waals surface area contributed by atoms with E-state index >= 15 is 0 Å². The highest BCUT2D eigenvalue weighted by Gasteiger charge is 2.52. The van der Waals surface area contributed by atoms with E-state index in [1.54, 1.807) is 0 Å². The molecule has 0 radical (unpaired) electrons. The largest absolute Gasteiger partial charge is 0.327 e. The lowest BCUT2D eigenvalue weighted by Crippen LogP contribution is -2.63. The van der Waals surface area contributed by atoms with Gasteiger partial charge in [0, 0.05) is 6.04 Å². The average molecular weight is 168 g/mol. The first-order valence-corrected chi connectivity index (χ1v) is 5.14. The van der Waals surface area contributed by atoms with Gasteiger partial charge >= 0.3 is 0 Å². The van der Waals surface area contributed by atoms with E-state index in [9.17, 15) is 0 Å². The molecular weight excluding hydrogens is 148 g/mol. The summed E-state index contributed by atoms with van der Waals surface area (Å²) in [5, 5.41) is 3.35. The van der Waals surface area contributed by atoms with Gasteiger partial charge in [-0.25, -0.2) is 0 Å². The van der Waals surface area contributed by atoms with Crippen LogP contribution >= 0.6 is 0 Å². The number of hydrogen-bond acceptors (Lipinski definition) is 2. The van der Waals surface area contributed by atoms with Gasteiger partial charge in [-0.2, -0.15) is 0 Å². The summed E-state index contributed by atoms with van der Waals surface area (Å²) in [6.07, 6.45) is 2.51. The van der Waals surface area contributed by atoms with Crippen molar-refractivity contribution in [1.82, 2.24) is 5.32 Å². The van der Waals surface area contributed by atoms with Crippen molar-refractivity contribution >= 4 is 0 Å². The molecule has 0 spiro atoms. The summed E-state index contributed by atoms with van der Waals surface area (Å²) in [5.74, 6) is 1.83. The molecule has 0 bridgehead atoms. The van der Waals surface area contributed by atoms with Crippen molar-refractivity contribution in [2.75, 3.05) is 13.1 Å². The van der Waals surface area contributed by atoms with Gasteiger partial charge in [-0.15, -0.1) is 0 Å². The Bertz CT molecular complexity index is 177. The van der Waals surface area contributed by atoms with Crippen molar-refractivity contribution in [3.63, 3.8) is 0 Å². The molecule has 0 aromatic heterocycles. The van der Waals surface area contributed by atoms with Gasteiger partial charge in [0.15, 0.2) is 0 Å². The zero-order valence-electron chi connectivity index (χ0n) is 8.14. The Morgan fingerprint density at radius 2 is 2.17 bits per heavy atom. The van der Waals surface area contributed by atoms with Crippen LogP contribution in [0.4, 0.5) is 0 Å². The van der Waals surface area contributed by atoms with Crippen LogP contribution in [0.3, 0.4) is 0 Å². The number of rotatable bonds is 2. The topological polar surface area (TPSA) is 38.0 Å². The summed E-state index contributed by atoms with van der Waals surface area (Å²) < 4.78 is 0. The van der Waals surface area contributed by atoms with E-state index in [-0.39, 0.29) is 0 Å². The van der Waals surface area contributed by atoms with Crippen LogP contribution in [0.25, 0.3) is 0 Å². The third-order valence-corrected chi connectivity index (χ3v) is 4.35. The quantitative estimate of drug-likeness (QED) is 0.645. The molecule has 1 aliphatic carbocycles.